The van der Waals surface area contributed by atoms with Gasteiger partial charge in [0.15, 0.2) is 0 Å². The average molecular weight is 654 g/mol. The highest BCUT2D eigenvalue weighted by Crippen LogP contribution is 2.52. The molecule has 5 atom stereocenters. The van der Waals surface area contributed by atoms with E-state index in [-0.39, 0.29) is 17.6 Å². The zero-order valence-electron chi connectivity index (χ0n) is 30.0. The molecular formula is C47H47N3. The van der Waals surface area contributed by atoms with Crippen LogP contribution < -0.4 is 4.90 Å². The van der Waals surface area contributed by atoms with Gasteiger partial charge in [-0.2, -0.15) is 0 Å². The summed E-state index contributed by atoms with van der Waals surface area (Å²) in [6.45, 7) is 12.0. The second kappa shape index (κ2) is 11.9. The second-order valence-electron chi connectivity index (χ2n) is 15.7. The topological polar surface area (TPSA) is 20.5 Å². The van der Waals surface area contributed by atoms with Crippen LogP contribution in [0.4, 0.5) is 5.69 Å². The maximum Gasteiger partial charge on any atom is 0.124 e. The van der Waals surface area contributed by atoms with Gasteiger partial charge in [-0.05, 0) is 101 Å². The van der Waals surface area contributed by atoms with Gasteiger partial charge >= 0.3 is 0 Å². The van der Waals surface area contributed by atoms with Crippen LogP contribution in [0.1, 0.15) is 87.7 Å². The van der Waals surface area contributed by atoms with E-state index in [4.69, 9.17) is 4.99 Å². The summed E-state index contributed by atoms with van der Waals surface area (Å²) in [6, 6.07) is 38.5. The van der Waals surface area contributed by atoms with Gasteiger partial charge in [-0.3, -0.25) is 4.99 Å². The van der Waals surface area contributed by atoms with E-state index < -0.39 is 0 Å². The molecule has 0 bridgehead atoms. The SMILES string of the molecule is CC1CC(c2ccc(N(C3C=C4C(=CC3)c3ccccc3C4(C)C)C3N=CCC(C)C3C)cc2)=Cc2c1n(-c1ccccc1)c1ccccc21. The fraction of sp³-hybridized carbons (Fsp3) is 0.298. The van der Waals surface area contributed by atoms with Gasteiger partial charge in [0.05, 0.1) is 11.6 Å². The van der Waals surface area contributed by atoms with Crippen LogP contribution in [-0.2, 0) is 5.41 Å². The van der Waals surface area contributed by atoms with E-state index in [1.165, 1.54) is 66.9 Å². The summed E-state index contributed by atoms with van der Waals surface area (Å²) >= 11 is 0. The predicted octanol–water partition coefficient (Wildman–Crippen LogP) is 11.6. The molecular weight excluding hydrogens is 607 g/mol. The van der Waals surface area contributed by atoms with Crippen molar-refractivity contribution in [2.24, 2.45) is 16.8 Å². The molecule has 0 N–H and O–H groups in total. The normalized spacial score (nSPS) is 24.9. The number of nitrogens with zero attached hydrogens (tertiary/aromatic N) is 3. The van der Waals surface area contributed by atoms with Crippen molar-refractivity contribution in [1.29, 1.82) is 0 Å². The molecule has 1 aromatic heterocycles. The van der Waals surface area contributed by atoms with Crippen molar-refractivity contribution >= 4 is 40.0 Å². The second-order valence-corrected chi connectivity index (χ2v) is 15.7. The van der Waals surface area contributed by atoms with Gasteiger partial charge in [0.25, 0.3) is 0 Å². The number of hydrogen-bond acceptors (Lipinski definition) is 2. The van der Waals surface area contributed by atoms with Crippen LogP contribution in [0.3, 0.4) is 0 Å². The number of benzene rings is 4. The van der Waals surface area contributed by atoms with E-state index in [1.54, 1.807) is 0 Å². The summed E-state index contributed by atoms with van der Waals surface area (Å²) in [4.78, 5) is 7.86. The summed E-state index contributed by atoms with van der Waals surface area (Å²) in [5.74, 6) is 1.44. The molecule has 5 unspecified atom stereocenters. The van der Waals surface area contributed by atoms with Crippen molar-refractivity contribution in [3.8, 4) is 5.69 Å². The first-order valence-corrected chi connectivity index (χ1v) is 18.6. The number of rotatable bonds is 5. The first-order valence-electron chi connectivity index (χ1n) is 18.6. The van der Waals surface area contributed by atoms with Crippen molar-refractivity contribution in [1.82, 2.24) is 4.57 Å². The van der Waals surface area contributed by atoms with E-state index in [0.29, 0.717) is 17.8 Å². The molecule has 0 radical (unpaired) electrons. The Kier molecular flexibility index (Phi) is 7.39. The van der Waals surface area contributed by atoms with Gasteiger partial charge in [-0.15, -0.1) is 0 Å². The number of allylic oxidation sites excluding steroid dienone is 3. The number of fused-ring (bicyclic) bond motifs is 6. The molecule has 3 heteroatoms. The number of para-hydroxylation sites is 2. The first-order chi connectivity index (χ1) is 24.3. The molecule has 2 heterocycles. The van der Waals surface area contributed by atoms with Crippen LogP contribution in [0, 0.1) is 11.8 Å². The van der Waals surface area contributed by atoms with E-state index in [9.17, 15) is 0 Å². The Balaban J connectivity index is 1.10. The van der Waals surface area contributed by atoms with Gasteiger partial charge in [-0.1, -0.05) is 120 Å². The van der Waals surface area contributed by atoms with Crippen LogP contribution in [0.25, 0.3) is 33.8 Å². The highest BCUT2D eigenvalue weighted by atomic mass is 15.3. The molecule has 0 spiro atoms. The zero-order valence-corrected chi connectivity index (χ0v) is 30.0. The Hall–Kier alpha value is -4.89. The third-order valence-electron chi connectivity index (χ3n) is 12.3. The number of aliphatic imine (C=N–C) groups is 1. The van der Waals surface area contributed by atoms with Crippen molar-refractivity contribution in [2.75, 3.05) is 4.90 Å². The fourth-order valence-corrected chi connectivity index (χ4v) is 9.43. The van der Waals surface area contributed by atoms with Crippen molar-refractivity contribution in [3.63, 3.8) is 0 Å². The van der Waals surface area contributed by atoms with Crippen LogP contribution in [0.2, 0.25) is 0 Å². The van der Waals surface area contributed by atoms with E-state index in [2.05, 4.69) is 172 Å². The Bertz CT molecular complexity index is 2230. The highest BCUT2D eigenvalue weighted by molar-refractivity contribution is 5.99. The van der Waals surface area contributed by atoms with Gasteiger partial charge < -0.3 is 9.47 Å². The van der Waals surface area contributed by atoms with E-state index in [1.807, 2.05) is 0 Å². The van der Waals surface area contributed by atoms with Crippen LogP contribution in [0.5, 0.6) is 0 Å². The summed E-state index contributed by atoms with van der Waals surface area (Å²) in [5.41, 5.74) is 15.0. The third-order valence-corrected chi connectivity index (χ3v) is 12.3. The van der Waals surface area contributed by atoms with Crippen LogP contribution in [0.15, 0.2) is 126 Å². The zero-order chi connectivity index (χ0) is 34.1. The predicted molar refractivity (Wildman–Crippen MR) is 212 cm³/mol. The first kappa shape index (κ1) is 31.1. The Morgan fingerprint density at radius 1 is 0.800 bits per heavy atom. The lowest BCUT2D eigenvalue weighted by molar-refractivity contribution is 0.303. The molecule has 0 amide bonds. The highest BCUT2D eigenvalue weighted by Gasteiger charge is 2.42. The molecule has 3 aliphatic carbocycles. The van der Waals surface area contributed by atoms with Gasteiger partial charge in [0.1, 0.15) is 6.17 Å². The Morgan fingerprint density at radius 2 is 1.54 bits per heavy atom. The minimum absolute atomic E-state index is 0.0159. The van der Waals surface area contributed by atoms with Crippen molar-refractivity contribution < 1.29 is 0 Å². The molecule has 5 aromatic rings. The lowest BCUT2D eigenvalue weighted by atomic mass is 9.79. The number of hydrogen-bond donors (Lipinski definition) is 0. The van der Waals surface area contributed by atoms with Crippen molar-refractivity contribution in [3.05, 3.63) is 149 Å². The molecule has 0 saturated carbocycles. The minimum atomic E-state index is -0.0159. The molecule has 250 valence electrons. The Morgan fingerprint density at radius 3 is 2.36 bits per heavy atom. The number of aromatic nitrogens is 1. The standard InChI is InChI=1S/C47H47N3/c1-30-25-26-48-46(32(30)3)49(37-23-24-39-38-15-9-11-17-42(38)47(4,5)43(39)29-37)36-21-19-33(20-22-36)34-27-31(2)45-41(28-34)40-16-10-12-18-44(40)50(45)35-13-7-6-8-14-35/h6-22,24,26,28-32,37,46H,23,25,27H2,1-5H3. The lowest BCUT2D eigenvalue weighted by Crippen LogP contribution is -2.48. The molecule has 0 fully saturated rings. The minimum Gasteiger partial charge on any atom is -0.343 e. The molecule has 4 aliphatic rings. The van der Waals surface area contributed by atoms with E-state index in [0.717, 1.165) is 19.3 Å². The van der Waals surface area contributed by atoms with Gasteiger partial charge in [-0.25, -0.2) is 0 Å². The van der Waals surface area contributed by atoms with Crippen molar-refractivity contribution in [2.45, 2.75) is 77.4 Å². The van der Waals surface area contributed by atoms with Crippen LogP contribution in [-0.4, -0.2) is 23.0 Å². The summed E-state index contributed by atoms with van der Waals surface area (Å²) < 4.78 is 2.49. The molecule has 3 nitrogen and oxygen atoms in total. The largest absolute Gasteiger partial charge is 0.343 e. The monoisotopic (exact) mass is 653 g/mol. The molecule has 4 aromatic carbocycles. The smallest absolute Gasteiger partial charge is 0.124 e. The lowest BCUT2D eigenvalue weighted by Gasteiger charge is -2.44. The summed E-state index contributed by atoms with van der Waals surface area (Å²) in [5, 5.41) is 1.33. The average Bonchev–Trinajstić information content (AvgIpc) is 3.60. The van der Waals surface area contributed by atoms with Crippen LogP contribution >= 0.6 is 0 Å². The molecule has 50 heavy (non-hydrogen) atoms. The van der Waals surface area contributed by atoms with Gasteiger partial charge in [0.2, 0.25) is 0 Å². The third kappa shape index (κ3) is 4.81. The fourth-order valence-electron chi connectivity index (χ4n) is 9.43. The number of anilines is 1. The maximum absolute atomic E-state index is 5.21. The van der Waals surface area contributed by atoms with E-state index >= 15 is 0 Å². The molecule has 9 rings (SSSR count). The summed E-state index contributed by atoms with van der Waals surface area (Å²) in [6.07, 6.45) is 12.9. The molecule has 1 aliphatic heterocycles. The quantitative estimate of drug-likeness (QED) is 0.185. The van der Waals surface area contributed by atoms with Gasteiger partial charge in [0, 0.05) is 45.6 Å². The Labute approximate surface area is 297 Å². The summed E-state index contributed by atoms with van der Waals surface area (Å²) in [7, 11) is 0. The molecule has 0 saturated heterocycles. The maximum atomic E-state index is 5.21.